The van der Waals surface area contributed by atoms with Crippen molar-refractivity contribution in [3.8, 4) is 11.1 Å². The first-order chi connectivity index (χ1) is 17.2. The van der Waals surface area contributed by atoms with Crippen LogP contribution in [0.3, 0.4) is 0 Å². The van der Waals surface area contributed by atoms with Gasteiger partial charge in [0.15, 0.2) is 6.29 Å². The molecule has 5 atom stereocenters. The fraction of sp³-hybridized carbons (Fsp3) is 0.345. The summed E-state index contributed by atoms with van der Waals surface area (Å²) in [6.07, 6.45) is -2.43. The first-order valence-corrected chi connectivity index (χ1v) is 12.1. The highest BCUT2D eigenvalue weighted by molar-refractivity contribution is 5.79. The molecule has 0 aromatic heterocycles. The fourth-order valence-electron chi connectivity index (χ4n) is 5.38. The van der Waals surface area contributed by atoms with E-state index in [1.54, 1.807) is 0 Å². The molecule has 35 heavy (non-hydrogen) atoms. The summed E-state index contributed by atoms with van der Waals surface area (Å²) in [6, 6.07) is 26.3. The van der Waals surface area contributed by atoms with Gasteiger partial charge in [-0.25, -0.2) is 4.79 Å². The zero-order valence-electron chi connectivity index (χ0n) is 19.5. The van der Waals surface area contributed by atoms with E-state index in [9.17, 15) is 4.79 Å². The molecule has 6 rings (SSSR count). The third-order valence-corrected chi connectivity index (χ3v) is 7.15. The molecule has 3 aromatic carbocycles. The third-order valence-electron chi connectivity index (χ3n) is 7.15. The molecule has 0 saturated carbocycles. The van der Waals surface area contributed by atoms with Crippen LogP contribution in [0.2, 0.25) is 0 Å². The van der Waals surface area contributed by atoms with E-state index < -0.39 is 24.7 Å². The molecule has 0 radical (unpaired) electrons. The van der Waals surface area contributed by atoms with E-state index in [-0.39, 0.29) is 24.5 Å². The zero-order valence-corrected chi connectivity index (χ0v) is 19.5. The van der Waals surface area contributed by atoms with Gasteiger partial charge in [0.2, 0.25) is 0 Å². The summed E-state index contributed by atoms with van der Waals surface area (Å²) in [6.45, 7) is 3.05. The lowest BCUT2D eigenvalue weighted by molar-refractivity contribution is -0.308. The first-order valence-electron chi connectivity index (χ1n) is 12.1. The Bertz CT molecular complexity index is 1150. The highest BCUT2D eigenvalue weighted by Crippen LogP contribution is 2.44. The number of carbonyl (C=O) groups excluding carboxylic acids is 1. The van der Waals surface area contributed by atoms with Gasteiger partial charge in [-0.05, 0) is 22.3 Å². The van der Waals surface area contributed by atoms with Crippen LogP contribution in [0.15, 0.2) is 78.9 Å². The predicted octanol–water partition coefficient (Wildman–Crippen LogP) is 5.47. The molecule has 180 valence electrons. The molecular formula is C29H28O6. The molecule has 6 nitrogen and oxygen atoms in total. The van der Waals surface area contributed by atoms with Gasteiger partial charge in [0.25, 0.3) is 0 Å². The third kappa shape index (κ3) is 4.22. The average Bonchev–Trinajstić information content (AvgIpc) is 3.23. The average molecular weight is 473 g/mol. The van der Waals surface area contributed by atoms with Crippen molar-refractivity contribution in [3.63, 3.8) is 0 Å². The Morgan fingerprint density at radius 2 is 1.51 bits per heavy atom. The van der Waals surface area contributed by atoms with E-state index in [1.807, 2.05) is 61.5 Å². The van der Waals surface area contributed by atoms with Crippen LogP contribution in [0.5, 0.6) is 0 Å². The van der Waals surface area contributed by atoms with Crippen LogP contribution in [0.4, 0.5) is 4.79 Å². The number of fused-ring (bicyclic) bond motifs is 4. The van der Waals surface area contributed by atoms with Crippen LogP contribution in [0.1, 0.15) is 35.8 Å². The summed E-state index contributed by atoms with van der Waals surface area (Å²) in [5.41, 5.74) is 5.63. The lowest BCUT2D eigenvalue weighted by Crippen LogP contribution is -2.56. The molecule has 2 saturated heterocycles. The Balaban J connectivity index is 1.14. The molecule has 0 spiro atoms. The van der Waals surface area contributed by atoms with Gasteiger partial charge in [0.05, 0.1) is 13.2 Å². The molecule has 0 bridgehead atoms. The van der Waals surface area contributed by atoms with Gasteiger partial charge in [0.1, 0.15) is 24.9 Å². The molecule has 4 unspecified atom stereocenters. The minimum Gasteiger partial charge on any atom is -0.433 e. The van der Waals surface area contributed by atoms with Gasteiger partial charge < -0.3 is 23.7 Å². The highest BCUT2D eigenvalue weighted by Gasteiger charge is 2.46. The molecule has 3 aliphatic rings. The van der Waals surface area contributed by atoms with E-state index in [2.05, 4.69) is 24.3 Å². The summed E-state index contributed by atoms with van der Waals surface area (Å²) in [4.78, 5) is 12.9. The highest BCUT2D eigenvalue weighted by atomic mass is 16.8. The Hall–Kier alpha value is -3.19. The molecule has 2 aliphatic heterocycles. The van der Waals surface area contributed by atoms with Crippen molar-refractivity contribution in [1.29, 1.82) is 0 Å². The van der Waals surface area contributed by atoms with Gasteiger partial charge in [0, 0.05) is 17.4 Å². The molecule has 1 aliphatic carbocycles. The minimum absolute atomic E-state index is 0.0170. The number of benzene rings is 3. The maximum absolute atomic E-state index is 12.9. The number of hydrogen-bond donors (Lipinski definition) is 0. The molecule has 6 heteroatoms. The summed E-state index contributed by atoms with van der Waals surface area (Å²) < 4.78 is 29.6. The van der Waals surface area contributed by atoms with Gasteiger partial charge in [-0.3, -0.25) is 0 Å². The van der Waals surface area contributed by atoms with Crippen molar-refractivity contribution in [2.75, 3.05) is 19.8 Å². The monoisotopic (exact) mass is 472 g/mol. The van der Waals surface area contributed by atoms with Gasteiger partial charge in [-0.2, -0.15) is 0 Å². The van der Waals surface area contributed by atoms with Crippen molar-refractivity contribution < 1.29 is 28.5 Å². The molecule has 2 heterocycles. The quantitative estimate of drug-likeness (QED) is 0.469. The first kappa shape index (κ1) is 22.3. The van der Waals surface area contributed by atoms with Crippen LogP contribution < -0.4 is 0 Å². The normalized spacial score (nSPS) is 27.4. The number of hydrogen-bond acceptors (Lipinski definition) is 6. The van der Waals surface area contributed by atoms with Gasteiger partial charge >= 0.3 is 6.16 Å². The van der Waals surface area contributed by atoms with Crippen molar-refractivity contribution in [1.82, 2.24) is 0 Å². The molecule has 2 fully saturated rings. The number of ether oxygens (including phenoxy) is 5. The topological polar surface area (TPSA) is 63.2 Å². The van der Waals surface area contributed by atoms with E-state index in [4.69, 9.17) is 23.7 Å². The molecule has 0 N–H and O–H groups in total. The predicted molar refractivity (Wildman–Crippen MR) is 129 cm³/mol. The minimum atomic E-state index is -0.685. The SMILES string of the molecule is CC1COC2COC(c3ccccc3)OC2[C@@H]1OC(=O)OCC1c2ccccc2-c2ccccc21. The Morgan fingerprint density at radius 1 is 0.857 bits per heavy atom. The van der Waals surface area contributed by atoms with Gasteiger partial charge in [-0.15, -0.1) is 0 Å². The number of rotatable bonds is 4. The largest absolute Gasteiger partial charge is 0.508 e. The van der Waals surface area contributed by atoms with E-state index in [1.165, 1.54) is 22.3 Å². The van der Waals surface area contributed by atoms with Crippen LogP contribution >= 0.6 is 0 Å². The van der Waals surface area contributed by atoms with E-state index >= 15 is 0 Å². The van der Waals surface area contributed by atoms with Crippen molar-refractivity contribution in [3.05, 3.63) is 95.6 Å². The Kier molecular flexibility index (Phi) is 6.02. The van der Waals surface area contributed by atoms with Crippen molar-refractivity contribution in [2.45, 2.75) is 37.4 Å². The van der Waals surface area contributed by atoms with Crippen LogP contribution in [0.25, 0.3) is 11.1 Å². The van der Waals surface area contributed by atoms with E-state index in [0.717, 1.165) is 5.56 Å². The Labute approximate surface area is 204 Å². The van der Waals surface area contributed by atoms with Crippen molar-refractivity contribution >= 4 is 6.16 Å². The summed E-state index contributed by atoms with van der Waals surface area (Å²) >= 11 is 0. The summed E-state index contributed by atoms with van der Waals surface area (Å²) in [5.74, 6) is -0.0529. The molecular weight excluding hydrogens is 444 g/mol. The maximum Gasteiger partial charge on any atom is 0.508 e. The standard InChI is InChI=1S/C29H28O6/c1-18-15-31-25-17-32-28(19-9-3-2-4-10-19)34-27(25)26(18)35-29(30)33-16-24-22-13-7-5-11-20(22)21-12-6-8-14-23(21)24/h2-14,18,24-28H,15-17H2,1H3/t18?,25?,26-,27?,28?/m1/s1. The second-order valence-corrected chi connectivity index (χ2v) is 9.40. The second kappa shape index (κ2) is 9.46. The smallest absolute Gasteiger partial charge is 0.433 e. The van der Waals surface area contributed by atoms with Gasteiger partial charge in [-0.1, -0.05) is 85.8 Å². The Morgan fingerprint density at radius 3 is 2.23 bits per heavy atom. The summed E-state index contributed by atoms with van der Waals surface area (Å²) in [5, 5.41) is 0. The van der Waals surface area contributed by atoms with E-state index in [0.29, 0.717) is 13.2 Å². The zero-order chi connectivity index (χ0) is 23.8. The number of carbonyl (C=O) groups is 1. The fourth-order valence-corrected chi connectivity index (χ4v) is 5.38. The van der Waals surface area contributed by atoms with Crippen molar-refractivity contribution in [2.24, 2.45) is 5.92 Å². The molecule has 0 amide bonds. The maximum atomic E-state index is 12.9. The molecule has 3 aromatic rings. The summed E-state index contributed by atoms with van der Waals surface area (Å²) in [7, 11) is 0. The lowest BCUT2D eigenvalue weighted by atomic mass is 9.93. The lowest BCUT2D eigenvalue weighted by Gasteiger charge is -2.45. The second-order valence-electron chi connectivity index (χ2n) is 9.40. The van der Waals surface area contributed by atoms with Crippen LogP contribution in [-0.4, -0.2) is 44.3 Å². The van der Waals surface area contributed by atoms with Crippen LogP contribution in [-0.2, 0) is 23.7 Å². The van der Waals surface area contributed by atoms with Crippen LogP contribution in [0, 0.1) is 5.92 Å².